The van der Waals surface area contributed by atoms with E-state index in [1.807, 2.05) is 13.2 Å². The van der Waals surface area contributed by atoms with Crippen molar-refractivity contribution < 1.29 is 9.90 Å². The number of nitrogens with zero attached hydrogens (tertiary/aromatic N) is 2. The standard InChI is InChI=1S/C13H10N2O2/c1-15-9-11(8-14-15)3-2-10-4-6-12(7-5-10)13(16)17/h4-9H,1H3,(H,16,17). The van der Waals surface area contributed by atoms with E-state index in [4.69, 9.17) is 5.11 Å². The van der Waals surface area contributed by atoms with Gasteiger partial charge in [0.05, 0.1) is 17.3 Å². The average molecular weight is 226 g/mol. The molecule has 0 saturated carbocycles. The number of aromatic carboxylic acids is 1. The molecule has 0 saturated heterocycles. The molecule has 84 valence electrons. The summed E-state index contributed by atoms with van der Waals surface area (Å²) in [5.41, 5.74) is 1.87. The summed E-state index contributed by atoms with van der Waals surface area (Å²) in [6.45, 7) is 0. The summed E-state index contributed by atoms with van der Waals surface area (Å²) < 4.78 is 1.68. The molecular weight excluding hydrogens is 216 g/mol. The lowest BCUT2D eigenvalue weighted by Crippen LogP contribution is -1.94. The van der Waals surface area contributed by atoms with Crippen LogP contribution in [0.3, 0.4) is 0 Å². The Kier molecular flexibility index (Phi) is 2.93. The van der Waals surface area contributed by atoms with Gasteiger partial charge < -0.3 is 5.11 Å². The number of aromatic nitrogens is 2. The smallest absolute Gasteiger partial charge is 0.335 e. The molecular formula is C13H10N2O2. The highest BCUT2D eigenvalue weighted by atomic mass is 16.4. The van der Waals surface area contributed by atoms with Gasteiger partial charge in [0.15, 0.2) is 0 Å². The summed E-state index contributed by atoms with van der Waals surface area (Å²) in [6, 6.07) is 6.45. The second-order valence-corrected chi connectivity index (χ2v) is 3.54. The predicted octanol–water partition coefficient (Wildman–Crippen LogP) is 1.52. The first kappa shape index (κ1) is 11.0. The molecule has 4 heteroatoms. The van der Waals surface area contributed by atoms with Gasteiger partial charge in [-0.25, -0.2) is 4.79 Å². The van der Waals surface area contributed by atoms with Crippen LogP contribution in [0.2, 0.25) is 0 Å². The second-order valence-electron chi connectivity index (χ2n) is 3.54. The van der Waals surface area contributed by atoms with Gasteiger partial charge in [-0.1, -0.05) is 11.8 Å². The zero-order valence-electron chi connectivity index (χ0n) is 9.21. The van der Waals surface area contributed by atoms with Crippen molar-refractivity contribution >= 4 is 5.97 Å². The fourth-order valence-corrected chi connectivity index (χ4v) is 1.33. The van der Waals surface area contributed by atoms with E-state index in [1.54, 1.807) is 23.0 Å². The van der Waals surface area contributed by atoms with E-state index >= 15 is 0 Å². The quantitative estimate of drug-likeness (QED) is 0.750. The Morgan fingerprint density at radius 2 is 1.88 bits per heavy atom. The summed E-state index contributed by atoms with van der Waals surface area (Å²) in [6.07, 6.45) is 3.50. The number of carboxylic acids is 1. The maximum atomic E-state index is 10.6. The van der Waals surface area contributed by atoms with Crippen LogP contribution in [0.5, 0.6) is 0 Å². The average Bonchev–Trinajstić information content (AvgIpc) is 2.73. The van der Waals surface area contributed by atoms with Crippen molar-refractivity contribution in [1.82, 2.24) is 9.78 Å². The largest absolute Gasteiger partial charge is 0.478 e. The van der Waals surface area contributed by atoms with Crippen LogP contribution in [0.25, 0.3) is 0 Å². The maximum Gasteiger partial charge on any atom is 0.335 e. The molecule has 0 aliphatic rings. The summed E-state index contributed by atoms with van der Waals surface area (Å²) >= 11 is 0. The van der Waals surface area contributed by atoms with Crippen LogP contribution < -0.4 is 0 Å². The molecule has 0 radical (unpaired) electrons. The number of aryl methyl sites for hydroxylation is 1. The topological polar surface area (TPSA) is 55.1 Å². The van der Waals surface area contributed by atoms with Crippen molar-refractivity contribution in [3.8, 4) is 11.8 Å². The number of carboxylic acid groups (broad SMARTS) is 1. The molecule has 2 rings (SSSR count). The molecule has 1 aromatic carbocycles. The highest BCUT2D eigenvalue weighted by Gasteiger charge is 1.99. The van der Waals surface area contributed by atoms with Crippen LogP contribution in [0.1, 0.15) is 21.5 Å². The normalized spacial score (nSPS) is 9.47. The summed E-state index contributed by atoms with van der Waals surface area (Å²) in [5.74, 6) is 4.96. The molecule has 17 heavy (non-hydrogen) atoms. The van der Waals surface area contributed by atoms with Crippen LogP contribution >= 0.6 is 0 Å². The number of hydrogen-bond donors (Lipinski definition) is 1. The van der Waals surface area contributed by atoms with Gasteiger partial charge in [-0.3, -0.25) is 4.68 Å². The van der Waals surface area contributed by atoms with Crippen molar-refractivity contribution in [2.45, 2.75) is 0 Å². The minimum atomic E-state index is -0.934. The fraction of sp³-hybridized carbons (Fsp3) is 0.0769. The Morgan fingerprint density at radius 3 is 2.41 bits per heavy atom. The lowest BCUT2D eigenvalue weighted by Gasteiger charge is -1.93. The first-order chi connectivity index (χ1) is 8.15. The van der Waals surface area contributed by atoms with Crippen LogP contribution in [0.4, 0.5) is 0 Å². The molecule has 4 nitrogen and oxygen atoms in total. The van der Waals surface area contributed by atoms with Crippen LogP contribution in [0.15, 0.2) is 36.7 Å². The lowest BCUT2D eigenvalue weighted by atomic mass is 10.1. The van der Waals surface area contributed by atoms with E-state index in [9.17, 15) is 4.79 Å². The molecule has 1 aromatic heterocycles. The highest BCUT2D eigenvalue weighted by molar-refractivity contribution is 5.87. The molecule has 0 spiro atoms. The van der Waals surface area contributed by atoms with Gasteiger partial charge >= 0.3 is 5.97 Å². The third kappa shape index (κ3) is 2.73. The number of benzene rings is 1. The van der Waals surface area contributed by atoms with E-state index in [0.29, 0.717) is 0 Å². The molecule has 0 bridgehead atoms. The molecule has 0 unspecified atom stereocenters. The molecule has 0 amide bonds. The fourth-order valence-electron chi connectivity index (χ4n) is 1.33. The summed E-state index contributed by atoms with van der Waals surface area (Å²) in [7, 11) is 1.83. The van der Waals surface area contributed by atoms with Gasteiger partial charge in [-0.2, -0.15) is 5.10 Å². The van der Waals surface area contributed by atoms with E-state index in [2.05, 4.69) is 16.9 Å². The molecule has 2 aromatic rings. The summed E-state index contributed by atoms with van der Waals surface area (Å²) in [5, 5.41) is 12.7. The Morgan fingerprint density at radius 1 is 1.24 bits per heavy atom. The molecule has 0 atom stereocenters. The van der Waals surface area contributed by atoms with Gasteiger partial charge in [0.1, 0.15) is 0 Å². The SMILES string of the molecule is Cn1cc(C#Cc2ccc(C(=O)O)cc2)cn1. The van der Waals surface area contributed by atoms with Crippen molar-refractivity contribution in [2.75, 3.05) is 0 Å². The van der Waals surface area contributed by atoms with E-state index < -0.39 is 5.97 Å². The Bertz CT molecular complexity index is 600. The molecule has 1 N–H and O–H groups in total. The number of hydrogen-bond acceptors (Lipinski definition) is 2. The number of carbonyl (C=O) groups is 1. The predicted molar refractivity (Wildman–Crippen MR) is 62.6 cm³/mol. The second kappa shape index (κ2) is 4.54. The van der Waals surface area contributed by atoms with Gasteiger partial charge in [-0.05, 0) is 24.3 Å². The maximum absolute atomic E-state index is 10.6. The van der Waals surface area contributed by atoms with Gasteiger partial charge in [0.2, 0.25) is 0 Å². The minimum Gasteiger partial charge on any atom is -0.478 e. The third-order valence-corrected chi connectivity index (χ3v) is 2.19. The van der Waals surface area contributed by atoms with Crippen molar-refractivity contribution in [1.29, 1.82) is 0 Å². The first-order valence-corrected chi connectivity index (χ1v) is 4.99. The van der Waals surface area contributed by atoms with Gasteiger partial charge in [0, 0.05) is 18.8 Å². The van der Waals surface area contributed by atoms with Crippen molar-refractivity contribution in [3.05, 3.63) is 53.3 Å². The summed E-state index contributed by atoms with van der Waals surface area (Å²) in [4.78, 5) is 10.6. The molecule has 0 aliphatic heterocycles. The van der Waals surface area contributed by atoms with Crippen molar-refractivity contribution in [3.63, 3.8) is 0 Å². The highest BCUT2D eigenvalue weighted by Crippen LogP contribution is 2.03. The van der Waals surface area contributed by atoms with E-state index in [-0.39, 0.29) is 5.56 Å². The van der Waals surface area contributed by atoms with Crippen LogP contribution in [0, 0.1) is 11.8 Å². The Hall–Kier alpha value is -2.54. The lowest BCUT2D eigenvalue weighted by molar-refractivity contribution is 0.0697. The minimum absolute atomic E-state index is 0.261. The molecule has 1 heterocycles. The zero-order chi connectivity index (χ0) is 12.3. The monoisotopic (exact) mass is 226 g/mol. The van der Waals surface area contributed by atoms with Crippen molar-refractivity contribution in [2.24, 2.45) is 7.05 Å². The number of rotatable bonds is 1. The van der Waals surface area contributed by atoms with Gasteiger partial charge in [0.25, 0.3) is 0 Å². The van der Waals surface area contributed by atoms with E-state index in [0.717, 1.165) is 11.1 Å². The Balaban J connectivity index is 2.19. The van der Waals surface area contributed by atoms with Crippen LogP contribution in [-0.4, -0.2) is 20.9 Å². The third-order valence-electron chi connectivity index (χ3n) is 2.19. The van der Waals surface area contributed by atoms with E-state index in [1.165, 1.54) is 12.1 Å². The molecule has 0 fully saturated rings. The zero-order valence-corrected chi connectivity index (χ0v) is 9.21. The van der Waals surface area contributed by atoms with Gasteiger partial charge in [-0.15, -0.1) is 0 Å². The first-order valence-electron chi connectivity index (χ1n) is 4.99. The van der Waals surface area contributed by atoms with Crippen LogP contribution in [-0.2, 0) is 7.05 Å². The Labute approximate surface area is 98.5 Å². The molecule has 0 aliphatic carbocycles.